The Labute approximate surface area is 245 Å². The van der Waals surface area contributed by atoms with E-state index in [4.69, 9.17) is 50.0 Å². The molecule has 39 heavy (non-hydrogen) atoms. The van der Waals surface area contributed by atoms with Crippen molar-refractivity contribution < 1.29 is 9.22 Å². The van der Waals surface area contributed by atoms with E-state index in [1.807, 2.05) is 48.5 Å². The van der Waals surface area contributed by atoms with Gasteiger partial charge in [0, 0.05) is 6.20 Å². The lowest BCUT2D eigenvalue weighted by Gasteiger charge is -2.44. The Balaban J connectivity index is 1.80. The molecule has 0 saturated carbocycles. The molecule has 0 fully saturated rings. The van der Waals surface area contributed by atoms with Gasteiger partial charge in [-0.2, -0.15) is 0 Å². The van der Waals surface area contributed by atoms with Gasteiger partial charge in [-0.25, -0.2) is 4.99 Å². The van der Waals surface area contributed by atoms with Crippen molar-refractivity contribution in [2.45, 2.75) is 41.7 Å². The summed E-state index contributed by atoms with van der Waals surface area (Å²) in [7, 11) is -2.87. The molecule has 11 heteroatoms. The molecule has 0 spiro atoms. The highest BCUT2D eigenvalue weighted by Gasteiger charge is 2.51. The summed E-state index contributed by atoms with van der Waals surface area (Å²) in [6, 6.07) is 23.5. The van der Waals surface area contributed by atoms with Crippen molar-refractivity contribution in [3.05, 3.63) is 97.1 Å². The Hall–Kier alpha value is -2.75. The third-order valence-electron chi connectivity index (χ3n) is 6.71. The van der Waals surface area contributed by atoms with E-state index in [1.165, 1.54) is 0 Å². The molecule has 7 nitrogen and oxygen atoms in total. The predicted octanol–water partition coefficient (Wildman–Crippen LogP) is 4.20. The van der Waals surface area contributed by atoms with Gasteiger partial charge in [0.1, 0.15) is 6.04 Å². The zero-order valence-corrected chi connectivity index (χ0v) is 25.3. The molecular weight excluding hydrogens is 573 g/mol. The summed E-state index contributed by atoms with van der Waals surface area (Å²) in [5.74, 6) is -0.303. The van der Waals surface area contributed by atoms with Gasteiger partial charge < -0.3 is 15.5 Å². The fourth-order valence-corrected chi connectivity index (χ4v) is 9.79. The van der Waals surface area contributed by atoms with Crippen LogP contribution in [0.2, 0.25) is 5.04 Å². The molecule has 0 saturated heterocycles. The number of hydrogen-bond acceptors (Lipinski definition) is 5. The molecule has 4 N–H and O–H groups in total. The lowest BCUT2D eigenvalue weighted by Crippen LogP contribution is -2.67. The standard InChI is InChI=1S/C28H32Cl3N5O2Si/c1-19(32)33-24-22(34-26(35-25(37)28(29,30)31)36-17-11-16-23(24)36)18-38-39(27(2,3)4,20-12-7-5-8-13-20)21-14-9-6-10-15-21/h5-17,22,24,33H,1,18,32H2,2-4H3,(H,34,35,37)/t22-,24-/m0/s1. The number of aliphatic imine (C=N–C) groups is 1. The average molecular weight is 605 g/mol. The molecule has 0 aliphatic carbocycles. The third-order valence-corrected chi connectivity index (χ3v) is 12.2. The Bertz CT molecular complexity index is 1310. The molecule has 3 aromatic rings. The second kappa shape index (κ2) is 11.4. The number of benzene rings is 2. The van der Waals surface area contributed by atoms with E-state index >= 15 is 0 Å². The minimum atomic E-state index is -2.87. The zero-order chi connectivity index (χ0) is 28.4. The van der Waals surface area contributed by atoms with Crippen LogP contribution >= 0.6 is 34.8 Å². The monoisotopic (exact) mass is 603 g/mol. The molecule has 4 rings (SSSR count). The second-order valence-corrected chi connectivity index (χ2v) is 17.0. The van der Waals surface area contributed by atoms with Crippen molar-refractivity contribution in [3.8, 4) is 0 Å². The second-order valence-electron chi connectivity index (χ2n) is 10.4. The minimum absolute atomic E-state index is 0.219. The van der Waals surface area contributed by atoms with Gasteiger partial charge in [0.15, 0.2) is 0 Å². The highest BCUT2D eigenvalue weighted by molar-refractivity contribution is 6.99. The number of nitrogens with zero attached hydrogens (tertiary/aromatic N) is 2. The van der Waals surface area contributed by atoms with Crippen LogP contribution in [0.15, 0.2) is 96.4 Å². The van der Waals surface area contributed by atoms with Crippen LogP contribution in [0.5, 0.6) is 0 Å². The maximum atomic E-state index is 12.6. The first-order chi connectivity index (χ1) is 18.3. The summed E-state index contributed by atoms with van der Waals surface area (Å²) < 4.78 is 6.71. The normalized spacial score (nSPS) is 17.6. The van der Waals surface area contributed by atoms with E-state index in [1.54, 1.807) is 10.8 Å². The van der Waals surface area contributed by atoms with Gasteiger partial charge in [-0.1, -0.05) is 123 Å². The first-order valence-corrected chi connectivity index (χ1v) is 15.5. The van der Waals surface area contributed by atoms with Crippen molar-refractivity contribution in [3.63, 3.8) is 0 Å². The van der Waals surface area contributed by atoms with Crippen LogP contribution in [0, 0.1) is 0 Å². The SMILES string of the molecule is C=C(N)N[C@@H]1c2cccn2C(NC(=O)C(Cl)(Cl)Cl)=N[C@H]1CO[Si](c1ccccc1)(c1ccccc1)C(C)(C)C. The molecule has 206 valence electrons. The number of nitrogens with two attached hydrogens (primary N) is 1. The maximum absolute atomic E-state index is 12.6. The molecule has 2 atom stereocenters. The summed E-state index contributed by atoms with van der Waals surface area (Å²) in [5.41, 5.74) is 6.80. The number of amides is 1. The van der Waals surface area contributed by atoms with Crippen LogP contribution in [0.25, 0.3) is 0 Å². The van der Waals surface area contributed by atoms with Gasteiger partial charge in [-0.05, 0) is 27.5 Å². The Morgan fingerprint density at radius 2 is 1.59 bits per heavy atom. The van der Waals surface area contributed by atoms with Crippen molar-refractivity contribution in [2.24, 2.45) is 10.7 Å². The van der Waals surface area contributed by atoms with E-state index in [9.17, 15) is 4.79 Å². The van der Waals surface area contributed by atoms with Crippen molar-refractivity contribution in [1.29, 1.82) is 0 Å². The van der Waals surface area contributed by atoms with Crippen molar-refractivity contribution in [2.75, 3.05) is 6.61 Å². The zero-order valence-electron chi connectivity index (χ0n) is 22.0. The smallest absolute Gasteiger partial charge is 0.278 e. The Morgan fingerprint density at radius 3 is 2.08 bits per heavy atom. The van der Waals surface area contributed by atoms with Crippen LogP contribution in [-0.2, 0) is 9.22 Å². The van der Waals surface area contributed by atoms with Crippen molar-refractivity contribution >= 4 is 65.4 Å². The molecule has 0 radical (unpaired) electrons. The lowest BCUT2D eigenvalue weighted by molar-refractivity contribution is -0.118. The molecule has 1 aliphatic heterocycles. The highest BCUT2D eigenvalue weighted by Crippen LogP contribution is 2.38. The van der Waals surface area contributed by atoms with Gasteiger partial charge >= 0.3 is 0 Å². The van der Waals surface area contributed by atoms with Gasteiger partial charge in [-0.3, -0.25) is 14.7 Å². The summed E-state index contributed by atoms with van der Waals surface area (Å²) in [6.07, 6.45) is 1.76. The molecule has 2 heterocycles. The highest BCUT2D eigenvalue weighted by atomic mass is 35.6. The van der Waals surface area contributed by atoms with Crippen LogP contribution in [0.1, 0.15) is 32.5 Å². The lowest BCUT2D eigenvalue weighted by atomic mass is 10.0. The van der Waals surface area contributed by atoms with Crippen molar-refractivity contribution in [1.82, 2.24) is 15.2 Å². The van der Waals surface area contributed by atoms with E-state index in [0.29, 0.717) is 0 Å². The molecule has 0 bridgehead atoms. The first-order valence-electron chi connectivity index (χ1n) is 12.4. The fraction of sp³-hybridized carbons (Fsp3) is 0.286. The average Bonchev–Trinajstić information content (AvgIpc) is 3.36. The quantitative estimate of drug-likeness (QED) is 0.278. The van der Waals surface area contributed by atoms with E-state index in [2.05, 4.69) is 62.2 Å². The maximum Gasteiger partial charge on any atom is 0.278 e. The Morgan fingerprint density at radius 1 is 1.03 bits per heavy atom. The van der Waals surface area contributed by atoms with E-state index < -0.39 is 24.1 Å². The van der Waals surface area contributed by atoms with Gasteiger partial charge in [0.2, 0.25) is 5.96 Å². The number of nitrogens with one attached hydrogen (secondary N) is 2. The molecular formula is C28H32Cl3N5O2Si. The molecule has 0 unspecified atom stereocenters. The number of alkyl halides is 3. The summed E-state index contributed by atoms with van der Waals surface area (Å²) >= 11 is 17.5. The summed E-state index contributed by atoms with van der Waals surface area (Å²) in [5, 5.41) is 7.93. The van der Waals surface area contributed by atoms with Crippen LogP contribution in [-0.4, -0.2) is 41.2 Å². The first kappa shape index (κ1) is 29.2. The third kappa shape index (κ3) is 6.05. The number of carbonyl (C=O) groups excluding carboxylic acids is 1. The van der Waals surface area contributed by atoms with Crippen LogP contribution in [0.3, 0.4) is 0 Å². The summed E-state index contributed by atoms with van der Waals surface area (Å²) in [6.45, 7) is 10.7. The predicted molar refractivity (Wildman–Crippen MR) is 162 cm³/mol. The molecule has 2 aromatic carbocycles. The molecule has 1 aliphatic rings. The van der Waals surface area contributed by atoms with Crippen LogP contribution in [0.4, 0.5) is 0 Å². The minimum Gasteiger partial charge on any atom is -0.405 e. The number of aromatic nitrogens is 1. The topological polar surface area (TPSA) is 93.7 Å². The van der Waals surface area contributed by atoms with Crippen LogP contribution < -0.4 is 26.7 Å². The number of carbonyl (C=O) groups is 1. The number of hydrogen-bond donors (Lipinski definition) is 3. The van der Waals surface area contributed by atoms with Gasteiger partial charge in [0.05, 0.1) is 24.2 Å². The van der Waals surface area contributed by atoms with Gasteiger partial charge in [-0.15, -0.1) is 0 Å². The van der Waals surface area contributed by atoms with E-state index in [-0.39, 0.29) is 29.5 Å². The molecule has 1 amide bonds. The molecule has 1 aromatic heterocycles. The van der Waals surface area contributed by atoms with Gasteiger partial charge in [0.25, 0.3) is 18.0 Å². The number of rotatable bonds is 7. The Kier molecular flexibility index (Phi) is 8.54. The number of fused-ring (bicyclic) bond motifs is 1. The fourth-order valence-electron chi connectivity index (χ4n) is 5.07. The summed E-state index contributed by atoms with van der Waals surface area (Å²) in [4.78, 5) is 17.4. The van der Waals surface area contributed by atoms with E-state index in [0.717, 1.165) is 16.1 Å². The number of halogens is 3. The largest absolute Gasteiger partial charge is 0.405 e.